The smallest absolute Gasteiger partial charge is 0.322 e. The van der Waals surface area contributed by atoms with Crippen molar-refractivity contribution in [2.75, 3.05) is 181 Å². The summed E-state index contributed by atoms with van der Waals surface area (Å²) in [5, 5.41) is 48.3. The molecule has 0 aliphatic carbocycles. The number of carboxylic acids is 1. The summed E-state index contributed by atoms with van der Waals surface area (Å²) in [6.07, 6.45) is 16.2. The van der Waals surface area contributed by atoms with E-state index in [-0.39, 0.29) is 164 Å². The molecule has 4 heterocycles. The number of rotatable bonds is 82. The average Bonchev–Trinajstić information content (AvgIpc) is 0.922. The van der Waals surface area contributed by atoms with Crippen LogP contribution in [0.15, 0.2) is 118 Å². The Morgan fingerprint density at radius 1 is 0.306 bits per heavy atom. The molecule has 0 bridgehead atoms. The molecule has 12 amide bonds. The van der Waals surface area contributed by atoms with E-state index in [1.165, 1.54) is 46.2 Å². The predicted molar refractivity (Wildman–Crippen MR) is 523 cm³/mol. The van der Waals surface area contributed by atoms with Gasteiger partial charge in [-0.2, -0.15) is 0 Å². The van der Waals surface area contributed by atoms with Crippen LogP contribution in [0.5, 0.6) is 0 Å². The van der Waals surface area contributed by atoms with Crippen LogP contribution in [0.3, 0.4) is 0 Å². The zero-order valence-electron chi connectivity index (χ0n) is 76.6. The lowest BCUT2D eigenvalue weighted by Crippen LogP contribution is -2.48. The molecule has 748 valence electrons. The van der Waals surface area contributed by atoms with Crippen LogP contribution in [0.25, 0.3) is 0 Å². The van der Waals surface area contributed by atoms with Gasteiger partial charge < -0.3 is 107 Å². The SMILES string of the molecule is CC(=O)COCCOCCNC(=O)[C@H](CCCCNC(=O)CCSSc1ccccn1)NC(=O)COCCOCCNC(=O)[C@H](CCCCNC(=O)CCSSc1ccccn1)NC(=O)CCCCOCCNC(=O)[C@H](CCCCNC(=O)CCSSc1ccccn1)NC(C)=O.CN[C@@H](CCCCNC(=O)CCSSc1ccccn1)C(=O)NCCOCCOCC(=O)NCC(=O)O. The quantitative estimate of drug-likeness (QED) is 0.0188. The van der Waals surface area contributed by atoms with Crippen LogP contribution in [0.4, 0.5) is 0 Å². The molecule has 4 rings (SSSR count). The van der Waals surface area contributed by atoms with Gasteiger partial charge in [-0.1, -0.05) is 67.4 Å². The molecular formula is C87H135N17O22S8. The number of carbonyl (C=O) groups is 14. The van der Waals surface area contributed by atoms with Gasteiger partial charge in [0.1, 0.15) is 64.6 Å². The zero-order chi connectivity index (χ0) is 97.2. The highest BCUT2D eigenvalue weighted by molar-refractivity contribution is 8.77. The number of amides is 12. The van der Waals surface area contributed by atoms with Crippen LogP contribution in [-0.2, 0) is 100 Å². The lowest BCUT2D eigenvalue weighted by Gasteiger charge is -2.19. The highest BCUT2D eigenvalue weighted by Gasteiger charge is 2.24. The van der Waals surface area contributed by atoms with E-state index in [4.69, 9.17) is 38.3 Å². The van der Waals surface area contributed by atoms with Crippen molar-refractivity contribution in [2.24, 2.45) is 0 Å². The molecule has 0 fully saturated rings. The summed E-state index contributed by atoms with van der Waals surface area (Å²) in [4.78, 5) is 189. The number of ketones is 1. The second-order valence-electron chi connectivity index (χ2n) is 29.1. The fourth-order valence-electron chi connectivity index (χ4n) is 11.2. The Kier molecular flexibility index (Phi) is 74.4. The number of Topliss-reactive ketones (excluding diaryl/α,β-unsaturated/α-hetero) is 1. The molecule has 47 heteroatoms. The largest absolute Gasteiger partial charge is 0.480 e. The van der Waals surface area contributed by atoms with E-state index < -0.39 is 54.3 Å². The molecule has 134 heavy (non-hydrogen) atoms. The molecule has 0 radical (unpaired) electrons. The maximum atomic E-state index is 13.5. The summed E-state index contributed by atoms with van der Waals surface area (Å²) in [6.45, 7) is 6.48. The summed E-state index contributed by atoms with van der Waals surface area (Å²) >= 11 is 0. The van der Waals surface area contributed by atoms with E-state index in [2.05, 4.69) is 89.1 Å². The minimum Gasteiger partial charge on any atom is -0.480 e. The fourth-order valence-corrected chi connectivity index (χ4v) is 18.6. The summed E-state index contributed by atoms with van der Waals surface area (Å²) in [6, 6.07) is 19.9. The first-order chi connectivity index (χ1) is 65.1. The topological polar surface area (TPSA) is 532 Å². The van der Waals surface area contributed by atoms with Gasteiger partial charge in [-0.05, 0) is 196 Å². The number of likely N-dealkylation sites (N-methyl/N-ethyl adjacent to an activating group) is 1. The molecule has 0 unspecified atom stereocenters. The van der Waals surface area contributed by atoms with Crippen LogP contribution in [0.2, 0.25) is 0 Å². The van der Waals surface area contributed by atoms with Crippen molar-refractivity contribution < 1.29 is 105 Å². The van der Waals surface area contributed by atoms with Crippen LogP contribution in [0.1, 0.15) is 136 Å². The highest BCUT2D eigenvalue weighted by Crippen LogP contribution is 2.32. The number of carbonyl (C=O) groups excluding carboxylic acids is 13. The Labute approximate surface area is 817 Å². The molecule has 0 aliphatic rings. The van der Waals surface area contributed by atoms with Gasteiger partial charge >= 0.3 is 5.97 Å². The van der Waals surface area contributed by atoms with Gasteiger partial charge in [0.15, 0.2) is 5.78 Å². The van der Waals surface area contributed by atoms with Crippen LogP contribution in [-0.4, -0.2) is 313 Å². The second-order valence-corrected chi connectivity index (χ2v) is 38.9. The first-order valence-electron chi connectivity index (χ1n) is 44.6. The second kappa shape index (κ2) is 83.1. The third-order valence-corrected chi connectivity index (χ3v) is 26.9. The monoisotopic (exact) mass is 2030 g/mol. The van der Waals surface area contributed by atoms with E-state index in [1.54, 1.807) is 85.8 Å². The van der Waals surface area contributed by atoms with Crippen molar-refractivity contribution in [2.45, 2.75) is 180 Å². The van der Waals surface area contributed by atoms with E-state index >= 15 is 0 Å². The van der Waals surface area contributed by atoms with Gasteiger partial charge in [-0.15, -0.1) is 0 Å². The number of aliphatic carboxylic acids is 1. The average molecular weight is 2030 g/mol. The number of nitrogens with one attached hydrogen (secondary N) is 13. The third kappa shape index (κ3) is 70.5. The summed E-state index contributed by atoms with van der Waals surface area (Å²) in [7, 11) is 14.1. The number of aromatic nitrogens is 4. The fraction of sp³-hybridized carbons (Fsp3) is 0.609. The molecule has 0 saturated carbocycles. The standard InChI is InChI=1S/C64H98N12O15S6.C23H37N5O7S2/c1-49(77)47-90-42-40-88-38-35-73-64(86)53(19-5-12-29-67-56(81)26-46-94-97-61-23-8-15-32-70-61)76-58(83)48-91-43-41-89-39-34-72-63(85)52(18-4-11-28-66-55(80)25-45-93-96-60-22-7-14-31-69-60)75-57(82)20-9-16-36-87-37-33-71-62(84)51(74-50(2)78)17-3-10-27-65-54(79)24-44-92-95-59-21-6-13-30-68-59;1-24-18(23(33)27-11-12-34-13-14-35-17-20(30)28-16-22(31)32)6-2-4-9-25-19(29)8-15-36-37-21-7-3-5-10-26-21/h6-8,13-15,21-23,30-32,51-53H,3-5,9-12,16-20,24-29,33-48H2,1-2H3,(H,65,79)(H,66,80)(H,67,81)(H,71,84)(H,72,85)(H,73,86)(H,74,78)(H,75,82)(H,76,83);3,5,7,10,18,24H,2,4,6,8-9,11-17H2,1H3,(H,25,29)(H,27,33)(H,28,30)(H,31,32)/t51-,52-,53-;18-/m00/s1. The van der Waals surface area contributed by atoms with E-state index in [0.717, 1.165) is 32.9 Å². The molecule has 0 spiro atoms. The number of nitrogens with zero attached hydrogens (tertiary/aromatic N) is 4. The van der Waals surface area contributed by atoms with Crippen LogP contribution in [0, 0.1) is 0 Å². The van der Waals surface area contributed by atoms with Gasteiger partial charge in [0, 0.05) is 146 Å². The van der Waals surface area contributed by atoms with E-state index in [0.29, 0.717) is 172 Å². The van der Waals surface area contributed by atoms with E-state index in [1.807, 2.05) is 72.8 Å². The zero-order valence-corrected chi connectivity index (χ0v) is 83.2. The maximum absolute atomic E-state index is 13.5. The predicted octanol–water partition coefficient (Wildman–Crippen LogP) is 5.62. The van der Waals surface area contributed by atoms with Crippen molar-refractivity contribution in [1.82, 2.24) is 89.1 Å². The Balaban J connectivity index is 0.00000104. The van der Waals surface area contributed by atoms with Gasteiger partial charge in [0.25, 0.3) is 0 Å². The molecule has 4 atom stereocenters. The number of unbranched alkanes of at least 4 members (excludes halogenated alkanes) is 5. The Bertz CT molecular complexity index is 3910. The number of pyridine rings is 4. The number of ether oxygens (including phenoxy) is 7. The molecule has 0 saturated heterocycles. The molecular weight excluding hydrogens is 1890 g/mol. The summed E-state index contributed by atoms with van der Waals surface area (Å²) in [5.41, 5.74) is 0. The van der Waals surface area contributed by atoms with Crippen LogP contribution >= 0.6 is 86.4 Å². The van der Waals surface area contributed by atoms with Crippen molar-refractivity contribution in [3.05, 3.63) is 97.6 Å². The normalized spacial score (nSPS) is 11.8. The van der Waals surface area contributed by atoms with Crippen molar-refractivity contribution in [1.29, 1.82) is 0 Å². The number of carboxylic acid groups (broad SMARTS) is 1. The first-order valence-corrected chi connectivity index (χ1v) is 53.9. The third-order valence-electron chi connectivity index (χ3n) is 17.9. The van der Waals surface area contributed by atoms with Crippen molar-refractivity contribution >= 4 is 169 Å². The molecule has 0 aliphatic heterocycles. The number of hydrogen-bond acceptors (Lipinski definition) is 34. The summed E-state index contributed by atoms with van der Waals surface area (Å²) in [5.74, 6) is -1.85. The molecule has 39 nitrogen and oxygen atoms in total. The molecule has 0 aromatic carbocycles. The Morgan fingerprint density at radius 2 is 0.619 bits per heavy atom. The van der Waals surface area contributed by atoms with Crippen molar-refractivity contribution in [3.63, 3.8) is 0 Å². The molecule has 4 aromatic rings. The van der Waals surface area contributed by atoms with Gasteiger partial charge in [-0.3, -0.25) is 67.1 Å². The lowest BCUT2D eigenvalue weighted by molar-refractivity contribution is -0.138. The summed E-state index contributed by atoms with van der Waals surface area (Å²) < 4.78 is 38.0. The lowest BCUT2D eigenvalue weighted by atomic mass is 10.1. The number of hydrogen-bond donors (Lipinski definition) is 14. The van der Waals surface area contributed by atoms with Crippen LogP contribution < -0.4 is 69.1 Å². The van der Waals surface area contributed by atoms with Gasteiger partial charge in [-0.25, -0.2) is 19.9 Å². The van der Waals surface area contributed by atoms with Gasteiger partial charge in [0.05, 0.1) is 72.1 Å². The minimum atomic E-state index is -1.12. The molecule has 14 N–H and O–H groups in total. The first kappa shape index (κ1) is 120. The Morgan fingerprint density at radius 3 is 0.948 bits per heavy atom. The highest BCUT2D eigenvalue weighted by atomic mass is 33.1. The van der Waals surface area contributed by atoms with E-state index in [9.17, 15) is 67.1 Å². The van der Waals surface area contributed by atoms with Gasteiger partial charge in [0.2, 0.25) is 70.9 Å². The minimum absolute atomic E-state index is 0.00788. The van der Waals surface area contributed by atoms with Crippen molar-refractivity contribution in [3.8, 4) is 0 Å². The maximum Gasteiger partial charge on any atom is 0.322 e. The Hall–Kier alpha value is -8.14. The molecule has 4 aromatic heterocycles.